The van der Waals surface area contributed by atoms with Gasteiger partial charge in [-0.2, -0.15) is 8.42 Å². The van der Waals surface area contributed by atoms with Gasteiger partial charge < -0.3 is 26.4 Å². The van der Waals surface area contributed by atoms with E-state index in [2.05, 4.69) is 16.0 Å². The number of nitrogen functional groups attached to an aromatic ring is 1. The molecule has 0 heterocycles. The molecule has 5 aromatic carbocycles. The minimum absolute atomic E-state index is 0.00210. The molecule has 2 aliphatic rings. The monoisotopic (exact) mass is 794 g/mol. The van der Waals surface area contributed by atoms with E-state index in [1.165, 1.54) is 49.4 Å². The summed E-state index contributed by atoms with van der Waals surface area (Å²) in [7, 11) is -9.02. The van der Waals surface area contributed by atoms with E-state index in [1.54, 1.807) is 6.07 Å². The number of nitrogens with two attached hydrogens (primary N) is 1. The second kappa shape index (κ2) is 14.7. The Bertz CT molecular complexity index is 2650. The molecule has 0 spiro atoms. The summed E-state index contributed by atoms with van der Waals surface area (Å²) in [6.45, 7) is 1.17. The van der Waals surface area contributed by atoms with Crippen LogP contribution in [0.2, 0.25) is 0 Å². The first-order chi connectivity index (χ1) is 26.7. The lowest BCUT2D eigenvalue weighted by molar-refractivity contribution is -0.122. The Labute approximate surface area is 321 Å². The van der Waals surface area contributed by atoms with Gasteiger partial charge in [-0.1, -0.05) is 78.9 Å². The largest absolute Gasteiger partial charge is 0.449 e. The van der Waals surface area contributed by atoms with Crippen molar-refractivity contribution in [2.24, 2.45) is 0 Å². The Morgan fingerprint density at radius 2 is 1.36 bits per heavy atom. The van der Waals surface area contributed by atoms with E-state index in [0.717, 1.165) is 28.3 Å². The van der Waals surface area contributed by atoms with Crippen molar-refractivity contribution < 1.29 is 45.3 Å². The Morgan fingerprint density at radius 1 is 0.786 bits per heavy atom. The van der Waals surface area contributed by atoms with Gasteiger partial charge in [0.05, 0.1) is 33.2 Å². The summed E-state index contributed by atoms with van der Waals surface area (Å²) < 4.78 is 66.7. The topological polar surface area (TPSA) is 228 Å². The van der Waals surface area contributed by atoms with Crippen molar-refractivity contribution >= 4 is 60.6 Å². The van der Waals surface area contributed by atoms with Crippen LogP contribution in [-0.4, -0.2) is 69.9 Å². The predicted molar refractivity (Wildman–Crippen MR) is 206 cm³/mol. The molecule has 0 saturated heterocycles. The van der Waals surface area contributed by atoms with E-state index in [-0.39, 0.29) is 52.0 Å². The van der Waals surface area contributed by atoms with Crippen molar-refractivity contribution in [3.63, 3.8) is 0 Å². The highest BCUT2D eigenvalue weighted by molar-refractivity contribution is 7.91. The molecule has 7 rings (SSSR count). The molecule has 56 heavy (non-hydrogen) atoms. The van der Waals surface area contributed by atoms with Crippen molar-refractivity contribution in [1.82, 2.24) is 10.6 Å². The van der Waals surface area contributed by atoms with Crippen molar-refractivity contribution in [1.29, 1.82) is 0 Å². The van der Waals surface area contributed by atoms with Crippen LogP contribution in [0.4, 0.5) is 21.9 Å². The number of ether oxygens (including phenoxy) is 1. The minimum atomic E-state index is -4.98. The molecule has 1 unspecified atom stereocenters. The van der Waals surface area contributed by atoms with Crippen molar-refractivity contribution in [3.8, 4) is 11.1 Å². The number of anilines is 3. The lowest BCUT2D eigenvalue weighted by Gasteiger charge is -2.23. The van der Waals surface area contributed by atoms with E-state index in [1.807, 2.05) is 48.5 Å². The molecule has 14 nitrogen and oxygen atoms in total. The summed E-state index contributed by atoms with van der Waals surface area (Å²) in [6.07, 6.45) is -0.812. The lowest BCUT2D eigenvalue weighted by Crippen LogP contribution is -2.46. The van der Waals surface area contributed by atoms with E-state index in [4.69, 9.17) is 10.5 Å². The zero-order valence-electron chi connectivity index (χ0n) is 29.6. The molecule has 6 N–H and O–H groups in total. The first-order valence-corrected chi connectivity index (χ1v) is 20.4. The standard InChI is InChI=1S/C40H34N4O10S2/c1-22(43-40(48)54-21-31-27-13-4-2-11-25(27)26-12-3-5-14-28(26)31)39(47)42-17-18-55(49,50)24-10-8-9-23(19-24)44-32-20-33(56(51,52)53)36(41)35-34(32)37(45)29-15-6-7-16-30(29)38(35)46/h2-16,19-20,22,31,44H,17-18,21,41H2,1H3,(H,42,47)(H,43,48)(H,51,52,53). The van der Waals surface area contributed by atoms with Gasteiger partial charge in [0.2, 0.25) is 5.91 Å². The Balaban J connectivity index is 0.994. The van der Waals surface area contributed by atoms with Crippen LogP contribution in [0.5, 0.6) is 0 Å². The van der Waals surface area contributed by atoms with Gasteiger partial charge in [-0.05, 0) is 53.4 Å². The smallest absolute Gasteiger partial charge is 0.407 e. The predicted octanol–water partition coefficient (Wildman–Crippen LogP) is 4.85. The molecule has 0 saturated carbocycles. The molecule has 0 fully saturated rings. The highest BCUT2D eigenvalue weighted by atomic mass is 32.2. The van der Waals surface area contributed by atoms with Gasteiger partial charge >= 0.3 is 6.09 Å². The van der Waals surface area contributed by atoms with Crippen LogP contribution in [0.1, 0.15) is 55.8 Å². The van der Waals surface area contributed by atoms with Gasteiger partial charge in [-0.25, -0.2) is 13.2 Å². The summed E-state index contributed by atoms with van der Waals surface area (Å²) in [5.74, 6) is -2.73. The quantitative estimate of drug-likeness (QED) is 0.0876. The molecule has 16 heteroatoms. The van der Waals surface area contributed by atoms with Crippen molar-refractivity contribution in [2.45, 2.75) is 28.7 Å². The fraction of sp³-hybridized carbons (Fsp3) is 0.150. The van der Waals surface area contributed by atoms with E-state index in [0.29, 0.717) is 0 Å². The number of hydrogen-bond donors (Lipinski definition) is 5. The Hall–Kier alpha value is -6.36. The van der Waals surface area contributed by atoms with Crippen molar-refractivity contribution in [2.75, 3.05) is 30.0 Å². The molecule has 286 valence electrons. The van der Waals surface area contributed by atoms with Crippen LogP contribution in [0.25, 0.3) is 11.1 Å². The molecule has 0 aliphatic heterocycles. The van der Waals surface area contributed by atoms with E-state index >= 15 is 0 Å². The fourth-order valence-electron chi connectivity index (χ4n) is 6.99. The average molecular weight is 795 g/mol. The summed E-state index contributed by atoms with van der Waals surface area (Å²) in [4.78, 5) is 51.6. The number of rotatable bonds is 11. The number of hydrogen-bond acceptors (Lipinski definition) is 11. The first kappa shape index (κ1) is 37.9. The SMILES string of the molecule is CC(NC(=O)OCC1c2ccccc2-c2ccccc21)C(=O)NCCS(=O)(=O)c1cccc(Nc2cc(S(=O)(=O)O)c(N)c3c2C(=O)c2ccccc2C3=O)c1. The number of nitrogens with one attached hydrogen (secondary N) is 3. The molecule has 5 aromatic rings. The second-order valence-corrected chi connectivity index (χ2v) is 16.7. The zero-order chi connectivity index (χ0) is 39.9. The number of fused-ring (bicyclic) bond motifs is 5. The maximum absolute atomic E-state index is 13.6. The van der Waals surface area contributed by atoms with Crippen molar-refractivity contribution in [3.05, 3.63) is 137 Å². The number of carbonyl (C=O) groups is 4. The van der Waals surface area contributed by atoms with Crippen LogP contribution in [0.3, 0.4) is 0 Å². The third kappa shape index (κ3) is 7.12. The second-order valence-electron chi connectivity index (χ2n) is 13.2. The maximum Gasteiger partial charge on any atom is 0.407 e. The third-order valence-electron chi connectivity index (χ3n) is 9.69. The number of amides is 2. The van der Waals surface area contributed by atoms with Gasteiger partial charge in [0.25, 0.3) is 10.1 Å². The molecular weight excluding hydrogens is 761 g/mol. The Morgan fingerprint density at radius 3 is 1.96 bits per heavy atom. The number of sulfone groups is 1. The average Bonchev–Trinajstić information content (AvgIpc) is 3.49. The molecule has 0 radical (unpaired) electrons. The minimum Gasteiger partial charge on any atom is -0.449 e. The van der Waals surface area contributed by atoms with Crippen LogP contribution in [0, 0.1) is 0 Å². The van der Waals surface area contributed by atoms with Crippen LogP contribution >= 0.6 is 0 Å². The van der Waals surface area contributed by atoms with Crippen LogP contribution < -0.4 is 21.7 Å². The molecular formula is C40H34N4O10S2. The molecule has 0 bridgehead atoms. The van der Waals surface area contributed by atoms with Crippen LogP contribution in [0.15, 0.2) is 113 Å². The molecule has 1 atom stereocenters. The van der Waals surface area contributed by atoms with Gasteiger partial charge in [0, 0.05) is 29.3 Å². The van der Waals surface area contributed by atoms with Gasteiger partial charge in [0.15, 0.2) is 21.4 Å². The summed E-state index contributed by atoms with van der Waals surface area (Å²) in [5, 5.41) is 7.80. The normalized spacial score (nSPS) is 13.8. The highest BCUT2D eigenvalue weighted by Crippen LogP contribution is 2.45. The molecule has 2 aliphatic carbocycles. The van der Waals surface area contributed by atoms with E-state index < -0.39 is 71.5 Å². The summed E-state index contributed by atoms with van der Waals surface area (Å²) >= 11 is 0. The summed E-state index contributed by atoms with van der Waals surface area (Å²) in [5.41, 5.74) is 8.87. The number of benzene rings is 5. The zero-order valence-corrected chi connectivity index (χ0v) is 31.2. The fourth-order valence-corrected chi connectivity index (χ4v) is 8.84. The maximum atomic E-state index is 13.6. The number of alkyl carbamates (subject to hydrolysis) is 1. The van der Waals surface area contributed by atoms with Gasteiger partial charge in [0.1, 0.15) is 17.5 Å². The van der Waals surface area contributed by atoms with Crippen LogP contribution in [-0.2, 0) is 29.5 Å². The third-order valence-corrected chi connectivity index (χ3v) is 12.3. The molecule has 0 aromatic heterocycles. The number of carbonyl (C=O) groups excluding carboxylic acids is 4. The van der Waals surface area contributed by atoms with Gasteiger partial charge in [-0.15, -0.1) is 0 Å². The first-order valence-electron chi connectivity index (χ1n) is 17.3. The van der Waals surface area contributed by atoms with Gasteiger partial charge in [-0.3, -0.25) is 18.9 Å². The lowest BCUT2D eigenvalue weighted by atomic mass is 9.82. The van der Waals surface area contributed by atoms with E-state index in [9.17, 15) is 40.6 Å². The number of ketones is 2. The highest BCUT2D eigenvalue weighted by Gasteiger charge is 2.37. The summed E-state index contributed by atoms with van der Waals surface area (Å²) in [6, 6.07) is 26.8. The molecule has 2 amide bonds. The Kier molecular flexibility index (Phi) is 9.96.